The Morgan fingerprint density at radius 1 is 0.881 bits per heavy atom. The van der Waals surface area contributed by atoms with Crippen molar-refractivity contribution in [2.45, 2.75) is 56.5 Å². The van der Waals surface area contributed by atoms with E-state index in [1.165, 1.54) is 24.3 Å². The van der Waals surface area contributed by atoms with E-state index in [-0.39, 0.29) is 17.5 Å². The van der Waals surface area contributed by atoms with Crippen LogP contribution in [0.2, 0.25) is 5.02 Å². The first-order valence-electron chi connectivity index (χ1n) is 18.5. The SMILES string of the molecule is COC(=O)[C@H](CNC(=O)C(=O)Nc1ccc(N2CC(C)NC(C)C2)cc1)NC(=O)c1ccc(Nc2nc(NC3(c4ccc(Cl)cc4)CC3)nc(OCC(F)(F)F)n2)cc1. The molecule has 4 aromatic rings. The highest BCUT2D eigenvalue weighted by Crippen LogP contribution is 2.48. The fourth-order valence-corrected chi connectivity index (χ4v) is 6.57. The second kappa shape index (κ2) is 18.2. The number of methoxy groups -OCH3 is 1. The second-order valence-electron chi connectivity index (χ2n) is 14.2. The van der Waals surface area contributed by atoms with Gasteiger partial charge in [-0.05, 0) is 92.9 Å². The third-order valence-corrected chi connectivity index (χ3v) is 9.64. The van der Waals surface area contributed by atoms with Gasteiger partial charge in [-0.15, -0.1) is 0 Å². The zero-order chi connectivity index (χ0) is 42.3. The lowest BCUT2D eigenvalue weighted by Gasteiger charge is -2.37. The number of benzene rings is 3. The molecule has 0 radical (unpaired) electrons. The molecule has 1 aliphatic heterocycles. The number of aromatic nitrogens is 3. The Morgan fingerprint density at radius 3 is 2.12 bits per heavy atom. The predicted molar refractivity (Wildman–Crippen MR) is 213 cm³/mol. The maximum Gasteiger partial charge on any atom is 0.422 e. The lowest BCUT2D eigenvalue weighted by atomic mass is 10.1. The van der Waals surface area contributed by atoms with E-state index in [1.807, 2.05) is 24.3 Å². The maximum atomic E-state index is 13.2. The average molecular weight is 839 g/mol. The van der Waals surface area contributed by atoms with Gasteiger partial charge in [-0.3, -0.25) is 14.4 Å². The largest absolute Gasteiger partial charge is 0.467 e. The molecule has 1 saturated heterocycles. The molecule has 1 aliphatic carbocycles. The number of carbonyl (C=O) groups excluding carboxylic acids is 4. The number of esters is 1. The van der Waals surface area contributed by atoms with Crippen LogP contribution in [0.4, 0.5) is 42.1 Å². The van der Waals surface area contributed by atoms with Crippen LogP contribution in [0.25, 0.3) is 0 Å². The van der Waals surface area contributed by atoms with Crippen LogP contribution in [-0.4, -0.2) is 96.3 Å². The first-order chi connectivity index (χ1) is 28.1. The van der Waals surface area contributed by atoms with E-state index in [9.17, 15) is 32.3 Å². The van der Waals surface area contributed by atoms with Crippen molar-refractivity contribution < 1.29 is 41.8 Å². The van der Waals surface area contributed by atoms with Crippen LogP contribution in [0.5, 0.6) is 6.01 Å². The monoisotopic (exact) mass is 838 g/mol. The molecule has 2 heterocycles. The van der Waals surface area contributed by atoms with Gasteiger partial charge in [-0.2, -0.15) is 28.1 Å². The minimum absolute atomic E-state index is 0.0361. The van der Waals surface area contributed by atoms with Crippen molar-refractivity contribution in [2.75, 3.05) is 54.2 Å². The minimum Gasteiger partial charge on any atom is -0.467 e. The van der Waals surface area contributed by atoms with Crippen molar-refractivity contribution in [1.29, 1.82) is 0 Å². The van der Waals surface area contributed by atoms with Gasteiger partial charge in [0.1, 0.15) is 6.04 Å². The quantitative estimate of drug-likeness (QED) is 0.0766. The molecule has 0 bridgehead atoms. The van der Waals surface area contributed by atoms with Gasteiger partial charge in [0.2, 0.25) is 11.9 Å². The van der Waals surface area contributed by atoms with Crippen molar-refractivity contribution in [3.8, 4) is 6.01 Å². The van der Waals surface area contributed by atoms with Crippen molar-refractivity contribution in [2.24, 2.45) is 0 Å². The first kappa shape index (κ1) is 42.4. The van der Waals surface area contributed by atoms with Gasteiger partial charge in [-0.1, -0.05) is 23.7 Å². The van der Waals surface area contributed by atoms with Gasteiger partial charge in [0, 0.05) is 59.4 Å². The molecule has 2 aliphatic rings. The number of ether oxygens (including phenoxy) is 2. The Morgan fingerprint density at radius 2 is 1.51 bits per heavy atom. The molecule has 2 fully saturated rings. The Labute approximate surface area is 342 Å². The van der Waals surface area contributed by atoms with Gasteiger partial charge in [0.25, 0.3) is 5.91 Å². The van der Waals surface area contributed by atoms with Gasteiger partial charge < -0.3 is 46.3 Å². The summed E-state index contributed by atoms with van der Waals surface area (Å²) in [5.74, 6) is -3.80. The first-order valence-corrected chi connectivity index (χ1v) is 18.9. The van der Waals surface area contributed by atoms with Crippen molar-refractivity contribution in [1.82, 2.24) is 30.9 Å². The highest BCUT2D eigenvalue weighted by Gasteiger charge is 2.45. The molecule has 6 rings (SSSR count). The number of carbonyl (C=O) groups is 4. The summed E-state index contributed by atoms with van der Waals surface area (Å²) < 4.78 is 48.6. The number of anilines is 5. The van der Waals surface area contributed by atoms with Gasteiger partial charge >= 0.3 is 30.0 Å². The number of nitrogens with one attached hydrogen (secondary N) is 6. The summed E-state index contributed by atoms with van der Waals surface area (Å²) in [5, 5.41) is 17.4. The van der Waals surface area contributed by atoms with Crippen LogP contribution in [-0.2, 0) is 24.7 Å². The van der Waals surface area contributed by atoms with E-state index in [4.69, 9.17) is 21.1 Å². The summed E-state index contributed by atoms with van der Waals surface area (Å²) in [6.45, 7) is 3.77. The van der Waals surface area contributed by atoms with Crippen LogP contribution in [0.3, 0.4) is 0 Å². The Kier molecular flexibility index (Phi) is 13.0. The molecule has 3 atom stereocenters. The smallest absolute Gasteiger partial charge is 0.422 e. The molecule has 1 aromatic heterocycles. The number of nitrogens with zero attached hydrogens (tertiary/aromatic N) is 4. The third kappa shape index (κ3) is 11.7. The molecule has 3 aromatic carbocycles. The van der Waals surface area contributed by atoms with Crippen LogP contribution >= 0.6 is 11.6 Å². The lowest BCUT2D eigenvalue weighted by Crippen LogP contribution is -2.54. The highest BCUT2D eigenvalue weighted by atomic mass is 35.5. The molecule has 3 amide bonds. The zero-order valence-electron chi connectivity index (χ0n) is 32.2. The Bertz CT molecular complexity index is 2130. The lowest BCUT2D eigenvalue weighted by molar-refractivity contribution is -0.154. The maximum absolute atomic E-state index is 13.2. The van der Waals surface area contributed by atoms with Crippen molar-refractivity contribution >= 4 is 64.3 Å². The zero-order valence-corrected chi connectivity index (χ0v) is 32.9. The summed E-state index contributed by atoms with van der Waals surface area (Å²) in [6.07, 6.45) is -3.24. The van der Waals surface area contributed by atoms with Crippen LogP contribution in [0.1, 0.15) is 42.6 Å². The fourth-order valence-electron chi connectivity index (χ4n) is 6.44. The number of halogens is 4. The van der Waals surface area contributed by atoms with Crippen molar-refractivity contribution in [3.63, 3.8) is 0 Å². The molecule has 16 nitrogen and oxygen atoms in total. The van der Waals surface area contributed by atoms with Crippen LogP contribution in [0.15, 0.2) is 72.8 Å². The summed E-state index contributed by atoms with van der Waals surface area (Å²) in [5.41, 5.74) is 2.12. The Balaban J connectivity index is 1.05. The van der Waals surface area contributed by atoms with Gasteiger partial charge in [-0.25, -0.2) is 4.79 Å². The van der Waals surface area contributed by atoms with Crippen LogP contribution in [0, 0.1) is 0 Å². The number of hydrogen-bond donors (Lipinski definition) is 6. The summed E-state index contributed by atoms with van der Waals surface area (Å²) >= 11 is 6.04. The normalized spacial score (nSPS) is 17.5. The molecule has 2 unspecified atom stereocenters. The molecular weight excluding hydrogens is 797 g/mol. The van der Waals surface area contributed by atoms with E-state index >= 15 is 0 Å². The highest BCUT2D eigenvalue weighted by molar-refractivity contribution is 6.39. The molecule has 312 valence electrons. The Hall–Kier alpha value is -6.21. The van der Waals surface area contributed by atoms with Gasteiger partial charge in [0.05, 0.1) is 12.6 Å². The molecule has 6 N–H and O–H groups in total. The van der Waals surface area contributed by atoms with Crippen molar-refractivity contribution in [3.05, 3.63) is 88.9 Å². The molecule has 0 spiro atoms. The summed E-state index contributed by atoms with van der Waals surface area (Å²) in [7, 11) is 1.10. The summed E-state index contributed by atoms with van der Waals surface area (Å²) in [6, 6.07) is 18.6. The number of alkyl halides is 3. The van der Waals surface area contributed by atoms with Crippen LogP contribution < -0.4 is 41.5 Å². The van der Waals surface area contributed by atoms with E-state index in [2.05, 4.69) is 65.6 Å². The second-order valence-corrected chi connectivity index (χ2v) is 14.7. The van der Waals surface area contributed by atoms with Gasteiger partial charge in [0.15, 0.2) is 6.61 Å². The number of hydrogen-bond acceptors (Lipinski definition) is 13. The number of amides is 3. The third-order valence-electron chi connectivity index (χ3n) is 9.39. The fraction of sp³-hybridized carbons (Fsp3) is 0.359. The molecule has 59 heavy (non-hydrogen) atoms. The average Bonchev–Trinajstić information content (AvgIpc) is 3.98. The molecule has 1 saturated carbocycles. The minimum atomic E-state index is -4.64. The number of rotatable bonds is 14. The topological polar surface area (TPSA) is 201 Å². The van der Waals surface area contributed by atoms with E-state index in [1.54, 1.807) is 24.3 Å². The number of piperazine rings is 1. The standard InChI is InChI=1S/C39H42ClF3N10O6/c1-22-19-53(20-23(2)45-22)29-14-12-27(13-15-29)46-33(56)32(55)44-18-30(34(57)58-3)48-31(54)24-4-10-28(11-5-24)47-35-49-36(51-37(50-35)59-21-39(41,42)43)52-38(16-17-38)25-6-8-26(40)9-7-25/h4-15,22-23,30,45H,16-21H2,1-3H3,(H,44,55)(H,46,56)(H,48,54)(H2,47,49,50,51,52)/t22?,23?,30-/m0/s1. The van der Waals surface area contributed by atoms with E-state index < -0.39 is 60.6 Å². The molecule has 20 heteroatoms. The molecular formula is C39H42ClF3N10O6. The van der Waals surface area contributed by atoms with E-state index in [0.29, 0.717) is 41.3 Å². The summed E-state index contributed by atoms with van der Waals surface area (Å²) in [4.78, 5) is 65.6. The predicted octanol–water partition coefficient (Wildman–Crippen LogP) is 4.52. The van der Waals surface area contributed by atoms with E-state index in [0.717, 1.165) is 31.5 Å².